The summed E-state index contributed by atoms with van der Waals surface area (Å²) in [6, 6.07) is 9.07. The van der Waals surface area contributed by atoms with E-state index in [1.807, 2.05) is 32.9 Å². The maximum Gasteiger partial charge on any atom is 0.270 e. The Morgan fingerprint density at radius 1 is 1.23 bits per heavy atom. The summed E-state index contributed by atoms with van der Waals surface area (Å²) in [5.41, 5.74) is 3.15. The second-order valence-electron chi connectivity index (χ2n) is 6.64. The number of methoxy groups -OCH3 is 1. The number of amides is 2. The maximum atomic E-state index is 13.3. The van der Waals surface area contributed by atoms with Crippen molar-refractivity contribution in [3.8, 4) is 11.5 Å². The van der Waals surface area contributed by atoms with E-state index in [0.29, 0.717) is 33.8 Å². The average molecular weight is 489 g/mol. The molecule has 1 saturated heterocycles. The van der Waals surface area contributed by atoms with Crippen LogP contribution in [0.2, 0.25) is 0 Å². The molecule has 1 aliphatic heterocycles. The standard InChI is InChI=1S/C22H21BrN2O4S/c1-5-29-19-16(23)10-14(11-18(19)28-4)9-15-20(26)24-22(30)25(21(15)27)17-8-6-7-12(2)13(17)3/h6-11H,5H2,1-4H3,(H,24,26,30)/b15-9+. The maximum absolute atomic E-state index is 13.3. The summed E-state index contributed by atoms with van der Waals surface area (Å²) in [7, 11) is 1.53. The van der Waals surface area contributed by atoms with E-state index in [9.17, 15) is 9.59 Å². The van der Waals surface area contributed by atoms with Crippen molar-refractivity contribution in [2.45, 2.75) is 20.8 Å². The molecular weight excluding hydrogens is 468 g/mol. The number of nitrogens with zero attached hydrogens (tertiary/aromatic N) is 1. The highest BCUT2D eigenvalue weighted by molar-refractivity contribution is 9.10. The van der Waals surface area contributed by atoms with Crippen LogP contribution in [0, 0.1) is 13.8 Å². The molecule has 0 unspecified atom stereocenters. The fraction of sp³-hybridized carbons (Fsp3) is 0.227. The number of carbonyl (C=O) groups is 2. The molecule has 0 bridgehead atoms. The molecule has 0 radical (unpaired) electrons. The molecule has 156 valence electrons. The molecule has 1 fully saturated rings. The number of rotatable bonds is 5. The van der Waals surface area contributed by atoms with Crippen LogP contribution >= 0.6 is 28.1 Å². The van der Waals surface area contributed by atoms with Crippen molar-refractivity contribution in [3.63, 3.8) is 0 Å². The first kappa shape index (κ1) is 22.0. The smallest absolute Gasteiger partial charge is 0.270 e. The van der Waals surface area contributed by atoms with Crippen molar-refractivity contribution in [2.75, 3.05) is 18.6 Å². The molecule has 2 aromatic rings. The van der Waals surface area contributed by atoms with Gasteiger partial charge in [0.25, 0.3) is 11.8 Å². The van der Waals surface area contributed by atoms with Gasteiger partial charge in [-0.1, -0.05) is 12.1 Å². The number of thiocarbonyl (C=S) groups is 1. The lowest BCUT2D eigenvalue weighted by molar-refractivity contribution is -0.122. The Kier molecular flexibility index (Phi) is 6.58. The molecule has 1 aliphatic rings. The van der Waals surface area contributed by atoms with Gasteiger partial charge in [-0.3, -0.25) is 19.8 Å². The normalized spacial score (nSPS) is 15.4. The van der Waals surface area contributed by atoms with Gasteiger partial charge in [-0.2, -0.15) is 0 Å². The number of carbonyl (C=O) groups excluding carboxylic acids is 2. The first-order valence-electron chi connectivity index (χ1n) is 9.26. The Labute approximate surface area is 189 Å². The summed E-state index contributed by atoms with van der Waals surface area (Å²) < 4.78 is 11.6. The minimum Gasteiger partial charge on any atom is -0.493 e. The topological polar surface area (TPSA) is 67.9 Å². The lowest BCUT2D eigenvalue weighted by Crippen LogP contribution is -2.54. The van der Waals surface area contributed by atoms with E-state index < -0.39 is 11.8 Å². The summed E-state index contributed by atoms with van der Waals surface area (Å²) in [5.74, 6) is 0.0142. The van der Waals surface area contributed by atoms with Crippen LogP contribution in [0.1, 0.15) is 23.6 Å². The van der Waals surface area contributed by atoms with Crippen LogP contribution in [0.25, 0.3) is 6.08 Å². The number of benzene rings is 2. The third kappa shape index (κ3) is 4.11. The second kappa shape index (κ2) is 8.97. The molecule has 8 heteroatoms. The summed E-state index contributed by atoms with van der Waals surface area (Å²) in [4.78, 5) is 27.2. The first-order valence-corrected chi connectivity index (χ1v) is 10.5. The Morgan fingerprint density at radius 3 is 2.63 bits per heavy atom. The monoisotopic (exact) mass is 488 g/mol. The fourth-order valence-electron chi connectivity index (χ4n) is 3.13. The Bertz CT molecular complexity index is 1080. The Balaban J connectivity index is 2.07. The molecular formula is C22H21BrN2O4S. The summed E-state index contributed by atoms with van der Waals surface area (Å²) >= 11 is 8.75. The Hall–Kier alpha value is -2.71. The van der Waals surface area contributed by atoms with Crippen LogP contribution in [0.15, 0.2) is 40.4 Å². The zero-order valence-electron chi connectivity index (χ0n) is 17.0. The lowest BCUT2D eigenvalue weighted by Gasteiger charge is -2.30. The van der Waals surface area contributed by atoms with Crippen molar-refractivity contribution in [1.29, 1.82) is 0 Å². The van der Waals surface area contributed by atoms with Crippen molar-refractivity contribution in [1.82, 2.24) is 5.32 Å². The molecule has 0 atom stereocenters. The van der Waals surface area contributed by atoms with E-state index >= 15 is 0 Å². The fourth-order valence-corrected chi connectivity index (χ4v) is 3.98. The number of hydrogen-bond donors (Lipinski definition) is 1. The quantitative estimate of drug-likeness (QED) is 0.385. The number of halogens is 1. The molecule has 0 spiro atoms. The van der Waals surface area contributed by atoms with Crippen molar-refractivity contribution in [3.05, 3.63) is 57.1 Å². The van der Waals surface area contributed by atoms with E-state index in [2.05, 4.69) is 21.2 Å². The minimum absolute atomic E-state index is 0.0254. The van der Waals surface area contributed by atoms with Crippen molar-refractivity contribution >= 4 is 56.8 Å². The first-order chi connectivity index (χ1) is 14.3. The van der Waals surface area contributed by atoms with Crippen molar-refractivity contribution in [2.24, 2.45) is 0 Å². The van der Waals surface area contributed by atoms with Gasteiger partial charge in [0.1, 0.15) is 5.57 Å². The number of anilines is 1. The molecule has 2 aromatic carbocycles. The van der Waals surface area contributed by atoms with Crippen LogP contribution in [0.4, 0.5) is 5.69 Å². The van der Waals surface area contributed by atoms with Gasteiger partial charge in [0, 0.05) is 0 Å². The van der Waals surface area contributed by atoms with E-state index in [1.165, 1.54) is 18.1 Å². The molecule has 0 saturated carbocycles. The average Bonchev–Trinajstić information content (AvgIpc) is 2.70. The van der Waals surface area contributed by atoms with Crippen LogP contribution in [0.5, 0.6) is 11.5 Å². The number of nitrogens with one attached hydrogen (secondary N) is 1. The predicted octanol–water partition coefficient (Wildman–Crippen LogP) is 4.30. The number of aryl methyl sites for hydroxylation is 1. The van der Waals surface area contributed by atoms with Crippen molar-refractivity contribution < 1.29 is 19.1 Å². The van der Waals surface area contributed by atoms with Crippen LogP contribution in [-0.2, 0) is 9.59 Å². The van der Waals surface area contributed by atoms with Crippen LogP contribution in [0.3, 0.4) is 0 Å². The minimum atomic E-state index is -0.546. The van der Waals surface area contributed by atoms with Gasteiger partial charge in [-0.05, 0) is 89.9 Å². The van der Waals surface area contributed by atoms with Gasteiger partial charge >= 0.3 is 0 Å². The molecule has 0 aromatic heterocycles. The third-order valence-corrected chi connectivity index (χ3v) is 5.64. The van der Waals surface area contributed by atoms with Gasteiger partial charge in [0.15, 0.2) is 16.6 Å². The number of hydrogen-bond acceptors (Lipinski definition) is 5. The highest BCUT2D eigenvalue weighted by atomic mass is 79.9. The summed E-state index contributed by atoms with van der Waals surface area (Å²) in [6.45, 7) is 6.21. The molecule has 30 heavy (non-hydrogen) atoms. The van der Waals surface area contributed by atoms with Gasteiger partial charge < -0.3 is 9.47 Å². The lowest BCUT2D eigenvalue weighted by atomic mass is 10.0. The summed E-state index contributed by atoms with van der Waals surface area (Å²) in [6.07, 6.45) is 1.51. The highest BCUT2D eigenvalue weighted by Gasteiger charge is 2.35. The molecule has 6 nitrogen and oxygen atoms in total. The molecule has 2 amide bonds. The number of ether oxygens (including phenoxy) is 2. The predicted molar refractivity (Wildman–Crippen MR) is 124 cm³/mol. The van der Waals surface area contributed by atoms with E-state index in [0.717, 1.165) is 11.1 Å². The highest BCUT2D eigenvalue weighted by Crippen LogP contribution is 2.37. The van der Waals surface area contributed by atoms with Gasteiger partial charge in [-0.15, -0.1) is 0 Å². The van der Waals surface area contributed by atoms with Gasteiger partial charge in [-0.25, -0.2) is 0 Å². The van der Waals surface area contributed by atoms with E-state index in [-0.39, 0.29) is 10.7 Å². The summed E-state index contributed by atoms with van der Waals surface area (Å²) in [5, 5.41) is 2.67. The van der Waals surface area contributed by atoms with E-state index in [1.54, 1.807) is 18.2 Å². The van der Waals surface area contributed by atoms with Gasteiger partial charge in [0.2, 0.25) is 0 Å². The molecule has 0 aliphatic carbocycles. The van der Waals surface area contributed by atoms with Gasteiger partial charge in [0.05, 0.1) is 23.9 Å². The molecule has 3 rings (SSSR count). The largest absolute Gasteiger partial charge is 0.493 e. The molecule has 1 N–H and O–H groups in total. The second-order valence-corrected chi connectivity index (χ2v) is 7.89. The Morgan fingerprint density at radius 2 is 1.97 bits per heavy atom. The van der Waals surface area contributed by atoms with E-state index in [4.69, 9.17) is 21.7 Å². The zero-order valence-corrected chi connectivity index (χ0v) is 19.4. The van der Waals surface area contributed by atoms with Crippen LogP contribution in [-0.4, -0.2) is 30.6 Å². The third-order valence-electron chi connectivity index (χ3n) is 4.77. The molecule has 1 heterocycles. The SMILES string of the molecule is CCOc1c(Br)cc(/C=C2\C(=O)NC(=S)N(c3cccc(C)c3C)C2=O)cc1OC. The van der Waals surface area contributed by atoms with Crippen LogP contribution < -0.4 is 19.7 Å². The zero-order chi connectivity index (χ0) is 22.0.